The van der Waals surface area contributed by atoms with Crippen LogP contribution in [-0.2, 0) is 5.75 Å². The van der Waals surface area contributed by atoms with E-state index in [1.807, 2.05) is 31.2 Å². The summed E-state index contributed by atoms with van der Waals surface area (Å²) in [5.41, 5.74) is 4.20. The molecule has 0 atom stereocenters. The maximum atomic E-state index is 11.9. The zero-order valence-corrected chi connectivity index (χ0v) is 13.3. The van der Waals surface area contributed by atoms with E-state index in [0.717, 1.165) is 22.8 Å². The van der Waals surface area contributed by atoms with Crippen molar-refractivity contribution < 1.29 is 4.79 Å². The van der Waals surface area contributed by atoms with E-state index in [4.69, 9.17) is 5.26 Å². The number of nitrogens with zero attached hydrogens (tertiary/aromatic N) is 2. The molecule has 4 nitrogen and oxygen atoms in total. The second kappa shape index (κ2) is 7.81. The Hall–Kier alpha value is -1.84. The summed E-state index contributed by atoms with van der Waals surface area (Å²) in [4.78, 5) is 16.6. The second-order valence-corrected chi connectivity index (χ2v) is 6.30. The van der Waals surface area contributed by atoms with Gasteiger partial charge in [-0.05, 0) is 18.6 Å². The van der Waals surface area contributed by atoms with Crippen LogP contribution in [0.4, 0.5) is 0 Å². The molecule has 21 heavy (non-hydrogen) atoms. The number of amides is 1. The van der Waals surface area contributed by atoms with Crippen LogP contribution < -0.4 is 5.32 Å². The van der Waals surface area contributed by atoms with E-state index >= 15 is 0 Å². The SMILES string of the molecule is Cc1ncsc1C(=O)NCCSCc1ccccc1C#N. The van der Waals surface area contributed by atoms with Crippen molar-refractivity contribution >= 4 is 29.0 Å². The van der Waals surface area contributed by atoms with Crippen LogP contribution >= 0.6 is 23.1 Å². The van der Waals surface area contributed by atoms with Crippen molar-refractivity contribution in [1.29, 1.82) is 5.26 Å². The molecule has 1 N–H and O–H groups in total. The van der Waals surface area contributed by atoms with E-state index < -0.39 is 0 Å². The highest BCUT2D eigenvalue weighted by atomic mass is 32.2. The zero-order chi connectivity index (χ0) is 15.1. The maximum absolute atomic E-state index is 11.9. The molecule has 0 spiro atoms. The van der Waals surface area contributed by atoms with Crippen molar-refractivity contribution in [1.82, 2.24) is 10.3 Å². The minimum atomic E-state index is -0.0620. The Balaban J connectivity index is 1.72. The molecule has 0 aliphatic heterocycles. The number of aromatic nitrogens is 1. The fraction of sp³-hybridized carbons (Fsp3) is 0.267. The summed E-state index contributed by atoms with van der Waals surface area (Å²) in [6.07, 6.45) is 0. The van der Waals surface area contributed by atoms with Crippen molar-refractivity contribution in [3.05, 3.63) is 51.5 Å². The molecule has 0 aliphatic carbocycles. The first kappa shape index (κ1) is 15.5. The predicted molar refractivity (Wildman–Crippen MR) is 86.5 cm³/mol. The highest BCUT2D eigenvalue weighted by Crippen LogP contribution is 2.16. The number of rotatable bonds is 6. The molecule has 2 rings (SSSR count). The largest absolute Gasteiger partial charge is 0.350 e. The fourth-order valence-electron chi connectivity index (χ4n) is 1.77. The van der Waals surface area contributed by atoms with Crippen LogP contribution in [0.25, 0.3) is 0 Å². The molecule has 1 aromatic carbocycles. The van der Waals surface area contributed by atoms with Gasteiger partial charge in [0.2, 0.25) is 0 Å². The summed E-state index contributed by atoms with van der Waals surface area (Å²) in [6.45, 7) is 2.44. The lowest BCUT2D eigenvalue weighted by molar-refractivity contribution is 0.0959. The van der Waals surface area contributed by atoms with Crippen LogP contribution in [0.3, 0.4) is 0 Å². The van der Waals surface area contributed by atoms with Crippen molar-refractivity contribution in [3.63, 3.8) is 0 Å². The molecule has 0 radical (unpaired) electrons. The van der Waals surface area contributed by atoms with Gasteiger partial charge >= 0.3 is 0 Å². The molecule has 6 heteroatoms. The Bertz CT molecular complexity index is 661. The van der Waals surface area contributed by atoms with Crippen LogP contribution in [0.15, 0.2) is 29.8 Å². The predicted octanol–water partition coefficient (Wildman–Crippen LogP) is 2.99. The number of carbonyl (C=O) groups excluding carboxylic acids is 1. The van der Waals surface area contributed by atoms with Gasteiger partial charge in [0.05, 0.1) is 22.8 Å². The summed E-state index contributed by atoms with van der Waals surface area (Å²) in [5.74, 6) is 1.52. The molecule has 0 saturated heterocycles. The molecular formula is C15H15N3OS2. The molecule has 1 aromatic heterocycles. The molecule has 0 aliphatic rings. The van der Waals surface area contributed by atoms with Gasteiger partial charge in [0.25, 0.3) is 5.91 Å². The van der Waals surface area contributed by atoms with Crippen LogP contribution in [0.2, 0.25) is 0 Å². The van der Waals surface area contributed by atoms with Crippen LogP contribution in [0, 0.1) is 18.3 Å². The molecule has 2 aromatic rings. The molecule has 0 bridgehead atoms. The molecule has 0 fully saturated rings. The second-order valence-electron chi connectivity index (χ2n) is 4.34. The Labute approximate surface area is 132 Å². The van der Waals surface area contributed by atoms with E-state index in [0.29, 0.717) is 17.0 Å². The third kappa shape index (κ3) is 4.31. The summed E-state index contributed by atoms with van der Waals surface area (Å²) in [7, 11) is 0. The highest BCUT2D eigenvalue weighted by molar-refractivity contribution is 7.98. The number of hydrogen-bond acceptors (Lipinski definition) is 5. The third-order valence-corrected chi connectivity index (χ3v) is 4.81. The Morgan fingerprint density at radius 3 is 3.00 bits per heavy atom. The Morgan fingerprint density at radius 1 is 1.48 bits per heavy atom. The first-order valence-corrected chi connectivity index (χ1v) is 8.50. The minimum absolute atomic E-state index is 0.0620. The Kier molecular flexibility index (Phi) is 5.78. The van der Waals surface area contributed by atoms with Crippen molar-refractivity contribution in [3.8, 4) is 6.07 Å². The number of nitrogens with one attached hydrogen (secondary N) is 1. The average Bonchev–Trinajstić information content (AvgIpc) is 2.93. The van der Waals surface area contributed by atoms with Crippen molar-refractivity contribution in [2.24, 2.45) is 0 Å². The zero-order valence-electron chi connectivity index (χ0n) is 11.6. The lowest BCUT2D eigenvalue weighted by Gasteiger charge is -2.05. The summed E-state index contributed by atoms with van der Waals surface area (Å²) < 4.78 is 0. The summed E-state index contributed by atoms with van der Waals surface area (Å²) in [6, 6.07) is 9.78. The molecule has 1 amide bonds. The van der Waals surface area contributed by atoms with Crippen LogP contribution in [-0.4, -0.2) is 23.2 Å². The van der Waals surface area contributed by atoms with E-state index in [2.05, 4.69) is 16.4 Å². The lowest BCUT2D eigenvalue weighted by atomic mass is 10.1. The number of thiazole rings is 1. The van der Waals surface area contributed by atoms with Crippen molar-refractivity contribution in [2.45, 2.75) is 12.7 Å². The van der Waals surface area contributed by atoms with Gasteiger partial charge in [0.1, 0.15) is 4.88 Å². The lowest BCUT2D eigenvalue weighted by Crippen LogP contribution is -2.25. The molecular weight excluding hydrogens is 302 g/mol. The molecule has 0 unspecified atom stereocenters. The monoisotopic (exact) mass is 317 g/mol. The number of carbonyl (C=O) groups is 1. The van der Waals surface area contributed by atoms with Crippen molar-refractivity contribution in [2.75, 3.05) is 12.3 Å². The molecule has 0 saturated carbocycles. The molecule has 1 heterocycles. The van der Waals surface area contributed by atoms with Gasteiger partial charge in [-0.15, -0.1) is 11.3 Å². The minimum Gasteiger partial charge on any atom is -0.350 e. The highest BCUT2D eigenvalue weighted by Gasteiger charge is 2.10. The number of hydrogen-bond donors (Lipinski definition) is 1. The van der Waals surface area contributed by atoms with Gasteiger partial charge in [-0.3, -0.25) is 4.79 Å². The number of aryl methyl sites for hydroxylation is 1. The first-order chi connectivity index (χ1) is 10.2. The van der Waals surface area contributed by atoms with Crippen LogP contribution in [0.5, 0.6) is 0 Å². The van der Waals surface area contributed by atoms with Gasteiger partial charge in [-0.1, -0.05) is 18.2 Å². The fourth-order valence-corrected chi connectivity index (χ4v) is 3.36. The summed E-state index contributed by atoms with van der Waals surface area (Å²) >= 11 is 3.06. The quantitative estimate of drug-likeness (QED) is 0.832. The van der Waals surface area contributed by atoms with E-state index in [-0.39, 0.29) is 5.91 Å². The van der Waals surface area contributed by atoms with E-state index in [1.165, 1.54) is 11.3 Å². The topological polar surface area (TPSA) is 65.8 Å². The molecule has 108 valence electrons. The smallest absolute Gasteiger partial charge is 0.263 e. The third-order valence-electron chi connectivity index (χ3n) is 2.88. The normalized spacial score (nSPS) is 10.1. The van der Waals surface area contributed by atoms with Gasteiger partial charge < -0.3 is 5.32 Å². The summed E-state index contributed by atoms with van der Waals surface area (Å²) in [5, 5.41) is 11.9. The van der Waals surface area contributed by atoms with Gasteiger partial charge in [-0.2, -0.15) is 17.0 Å². The standard InChI is InChI=1S/C15H15N3OS2/c1-11-14(21-10-18-11)15(19)17-6-7-20-9-13-5-3-2-4-12(13)8-16/h2-5,10H,6-7,9H2,1H3,(H,17,19). The van der Waals surface area contributed by atoms with E-state index in [1.54, 1.807) is 17.3 Å². The van der Waals surface area contributed by atoms with E-state index in [9.17, 15) is 4.79 Å². The number of thioether (sulfide) groups is 1. The number of benzene rings is 1. The number of nitriles is 1. The average molecular weight is 317 g/mol. The first-order valence-electron chi connectivity index (χ1n) is 6.46. The Morgan fingerprint density at radius 2 is 2.29 bits per heavy atom. The maximum Gasteiger partial charge on any atom is 0.263 e. The van der Waals surface area contributed by atoms with Gasteiger partial charge in [0, 0.05) is 18.1 Å². The van der Waals surface area contributed by atoms with Gasteiger partial charge in [0.15, 0.2) is 0 Å². The van der Waals surface area contributed by atoms with Crippen LogP contribution in [0.1, 0.15) is 26.5 Å². The van der Waals surface area contributed by atoms with Gasteiger partial charge in [-0.25, -0.2) is 4.98 Å².